The van der Waals surface area contributed by atoms with Gasteiger partial charge < -0.3 is 19.7 Å². The minimum absolute atomic E-state index is 0.275. The van der Waals surface area contributed by atoms with Gasteiger partial charge in [-0.15, -0.1) is 0 Å². The van der Waals surface area contributed by atoms with E-state index in [1.165, 1.54) is 18.0 Å². The van der Waals surface area contributed by atoms with Gasteiger partial charge in [0.25, 0.3) is 11.8 Å². The predicted molar refractivity (Wildman–Crippen MR) is 105 cm³/mol. The number of ether oxygens (including phenoxy) is 2. The number of hydrogen-bond acceptors (Lipinski definition) is 6. The molecule has 0 aliphatic carbocycles. The fraction of sp³-hybridized carbons (Fsp3) is 0.333. The van der Waals surface area contributed by atoms with Crippen molar-refractivity contribution >= 4 is 23.5 Å². The highest BCUT2D eigenvalue weighted by Gasteiger charge is 2.37. The van der Waals surface area contributed by atoms with E-state index in [9.17, 15) is 14.4 Å². The molecule has 1 aliphatic rings. The molecule has 0 bridgehead atoms. The van der Waals surface area contributed by atoms with Crippen molar-refractivity contribution in [3.8, 4) is 5.75 Å². The zero-order valence-electron chi connectivity index (χ0n) is 16.3. The van der Waals surface area contributed by atoms with Crippen LogP contribution in [0.1, 0.15) is 30.3 Å². The molecule has 2 heterocycles. The first-order valence-corrected chi connectivity index (χ1v) is 9.37. The van der Waals surface area contributed by atoms with Gasteiger partial charge in [-0.3, -0.25) is 14.6 Å². The third-order valence-electron chi connectivity index (χ3n) is 4.69. The lowest BCUT2D eigenvalue weighted by atomic mass is 10.2. The number of methoxy groups -OCH3 is 1. The molecule has 3 rings (SSSR count). The number of anilines is 1. The Kier molecular flexibility index (Phi) is 6.43. The third-order valence-corrected chi connectivity index (χ3v) is 4.69. The molecule has 29 heavy (non-hydrogen) atoms. The van der Waals surface area contributed by atoms with Crippen molar-refractivity contribution in [2.75, 3.05) is 19.0 Å². The zero-order valence-corrected chi connectivity index (χ0v) is 16.3. The number of amides is 2. The van der Waals surface area contributed by atoms with E-state index in [-0.39, 0.29) is 11.6 Å². The van der Waals surface area contributed by atoms with E-state index in [0.29, 0.717) is 30.8 Å². The Morgan fingerprint density at radius 3 is 2.59 bits per heavy atom. The van der Waals surface area contributed by atoms with Crippen LogP contribution in [0.5, 0.6) is 5.75 Å². The Morgan fingerprint density at radius 1 is 1.17 bits per heavy atom. The number of likely N-dealkylation sites (tertiary alicyclic amines) is 1. The van der Waals surface area contributed by atoms with E-state index in [1.54, 1.807) is 49.6 Å². The topological polar surface area (TPSA) is 97.8 Å². The highest BCUT2D eigenvalue weighted by Crippen LogP contribution is 2.21. The van der Waals surface area contributed by atoms with Crippen LogP contribution in [0.4, 0.5) is 5.69 Å². The lowest BCUT2D eigenvalue weighted by molar-refractivity contribution is -0.156. The summed E-state index contributed by atoms with van der Waals surface area (Å²) in [5.41, 5.74) is 0.837. The Hall–Kier alpha value is -3.42. The monoisotopic (exact) mass is 397 g/mol. The van der Waals surface area contributed by atoms with Gasteiger partial charge in [0.1, 0.15) is 17.5 Å². The highest BCUT2D eigenvalue weighted by atomic mass is 16.5. The highest BCUT2D eigenvalue weighted by molar-refractivity contribution is 5.97. The summed E-state index contributed by atoms with van der Waals surface area (Å²) in [4.78, 5) is 43.1. The quantitative estimate of drug-likeness (QED) is 0.751. The van der Waals surface area contributed by atoms with Gasteiger partial charge in [0.2, 0.25) is 0 Å². The average molecular weight is 397 g/mol. The molecule has 1 fully saturated rings. The lowest BCUT2D eigenvalue weighted by Crippen LogP contribution is -2.43. The average Bonchev–Trinajstić information content (AvgIpc) is 3.24. The second-order valence-electron chi connectivity index (χ2n) is 6.67. The van der Waals surface area contributed by atoms with Crippen molar-refractivity contribution in [2.24, 2.45) is 0 Å². The van der Waals surface area contributed by atoms with E-state index >= 15 is 0 Å². The number of nitrogens with one attached hydrogen (secondary N) is 1. The standard InChI is InChI=1S/C21H23N3O5/c1-14(19(25)23-15-8-10-16(28-2)11-9-15)29-21(27)18-7-5-13-24(18)20(26)17-6-3-4-12-22-17/h3-4,6,8-12,14,18H,5,7,13H2,1-2H3,(H,23,25)/t14-,18+/m1/s1. The number of nitrogens with zero attached hydrogens (tertiary/aromatic N) is 2. The maximum absolute atomic E-state index is 12.6. The molecule has 2 aromatic rings. The summed E-state index contributed by atoms with van der Waals surface area (Å²) < 4.78 is 10.4. The van der Waals surface area contributed by atoms with Crippen LogP contribution >= 0.6 is 0 Å². The molecule has 0 saturated carbocycles. The summed E-state index contributed by atoms with van der Waals surface area (Å²) in [5, 5.41) is 2.69. The SMILES string of the molecule is COc1ccc(NC(=O)[C@@H](C)OC(=O)[C@@H]2CCCN2C(=O)c2ccccn2)cc1. The van der Waals surface area contributed by atoms with E-state index < -0.39 is 24.0 Å². The van der Waals surface area contributed by atoms with Crippen molar-refractivity contribution < 1.29 is 23.9 Å². The minimum atomic E-state index is -1.00. The Labute approximate surface area is 168 Å². The number of rotatable bonds is 6. The van der Waals surface area contributed by atoms with Gasteiger partial charge in [-0.1, -0.05) is 6.07 Å². The van der Waals surface area contributed by atoms with Gasteiger partial charge >= 0.3 is 5.97 Å². The van der Waals surface area contributed by atoms with Crippen molar-refractivity contribution in [1.82, 2.24) is 9.88 Å². The molecule has 1 aromatic carbocycles. The molecule has 1 N–H and O–H groups in total. The zero-order chi connectivity index (χ0) is 20.8. The molecule has 0 radical (unpaired) electrons. The van der Waals surface area contributed by atoms with E-state index in [1.807, 2.05) is 0 Å². The third kappa shape index (κ3) is 4.90. The van der Waals surface area contributed by atoms with Gasteiger partial charge in [-0.2, -0.15) is 0 Å². The number of hydrogen-bond donors (Lipinski definition) is 1. The number of pyridine rings is 1. The lowest BCUT2D eigenvalue weighted by Gasteiger charge is -2.24. The number of carbonyl (C=O) groups excluding carboxylic acids is 3. The maximum Gasteiger partial charge on any atom is 0.329 e. The van der Waals surface area contributed by atoms with Crippen molar-refractivity contribution in [3.05, 3.63) is 54.4 Å². The number of aromatic nitrogens is 1. The van der Waals surface area contributed by atoms with Crippen LogP contribution in [0, 0.1) is 0 Å². The summed E-state index contributed by atoms with van der Waals surface area (Å²) in [6, 6.07) is 11.1. The van der Waals surface area contributed by atoms with Crippen LogP contribution in [0.25, 0.3) is 0 Å². The fourth-order valence-corrected chi connectivity index (χ4v) is 3.12. The van der Waals surface area contributed by atoms with Crippen molar-refractivity contribution in [3.63, 3.8) is 0 Å². The molecule has 152 valence electrons. The molecular formula is C21H23N3O5. The van der Waals surface area contributed by atoms with Crippen molar-refractivity contribution in [1.29, 1.82) is 0 Å². The molecule has 1 aliphatic heterocycles. The normalized spacial score (nSPS) is 16.8. The van der Waals surface area contributed by atoms with Gasteiger partial charge in [-0.05, 0) is 56.2 Å². The molecule has 2 atom stereocenters. The fourth-order valence-electron chi connectivity index (χ4n) is 3.12. The van der Waals surface area contributed by atoms with Gasteiger partial charge in [-0.25, -0.2) is 4.79 Å². The maximum atomic E-state index is 12.6. The number of carbonyl (C=O) groups is 3. The van der Waals surface area contributed by atoms with Crippen LogP contribution in [0.15, 0.2) is 48.7 Å². The van der Waals surface area contributed by atoms with Gasteiger partial charge in [0.15, 0.2) is 6.10 Å². The van der Waals surface area contributed by atoms with Crippen LogP contribution < -0.4 is 10.1 Å². The van der Waals surface area contributed by atoms with Crippen LogP contribution in [0.3, 0.4) is 0 Å². The second kappa shape index (κ2) is 9.18. The largest absolute Gasteiger partial charge is 0.497 e. The molecule has 1 aromatic heterocycles. The van der Waals surface area contributed by atoms with E-state index in [4.69, 9.17) is 9.47 Å². The first kappa shape index (κ1) is 20.3. The van der Waals surface area contributed by atoms with Gasteiger partial charge in [0, 0.05) is 18.4 Å². The van der Waals surface area contributed by atoms with Crippen LogP contribution in [0.2, 0.25) is 0 Å². The smallest absolute Gasteiger partial charge is 0.329 e. The number of benzene rings is 1. The molecular weight excluding hydrogens is 374 g/mol. The van der Waals surface area contributed by atoms with Crippen molar-refractivity contribution in [2.45, 2.75) is 31.9 Å². The summed E-state index contributed by atoms with van der Waals surface area (Å²) in [7, 11) is 1.56. The summed E-state index contributed by atoms with van der Waals surface area (Å²) >= 11 is 0. The van der Waals surface area contributed by atoms with Gasteiger partial charge in [0.05, 0.1) is 7.11 Å². The first-order chi connectivity index (χ1) is 14.0. The molecule has 0 unspecified atom stereocenters. The van der Waals surface area contributed by atoms with Crippen LogP contribution in [-0.4, -0.2) is 53.5 Å². The Bertz CT molecular complexity index is 870. The Balaban J connectivity index is 1.59. The molecule has 8 nitrogen and oxygen atoms in total. The minimum Gasteiger partial charge on any atom is -0.497 e. The second-order valence-corrected chi connectivity index (χ2v) is 6.67. The summed E-state index contributed by atoms with van der Waals surface area (Å²) in [5.74, 6) is -0.699. The van der Waals surface area contributed by atoms with E-state index in [2.05, 4.69) is 10.3 Å². The van der Waals surface area contributed by atoms with E-state index in [0.717, 1.165) is 0 Å². The molecule has 1 saturated heterocycles. The Morgan fingerprint density at radius 2 is 1.93 bits per heavy atom. The first-order valence-electron chi connectivity index (χ1n) is 9.37. The molecule has 0 spiro atoms. The number of esters is 1. The van der Waals surface area contributed by atoms with Crippen LogP contribution in [-0.2, 0) is 14.3 Å². The summed E-state index contributed by atoms with van der Waals surface area (Å²) in [6.07, 6.45) is 1.70. The summed E-state index contributed by atoms with van der Waals surface area (Å²) in [6.45, 7) is 1.94. The molecule has 2 amide bonds. The molecule has 8 heteroatoms. The predicted octanol–water partition coefficient (Wildman–Crippen LogP) is 2.27.